The molecule has 1 aromatic heterocycles. The summed E-state index contributed by atoms with van der Waals surface area (Å²) in [7, 11) is 0. The molecule has 0 aliphatic heterocycles. The van der Waals surface area contributed by atoms with E-state index in [0.29, 0.717) is 0 Å². The van der Waals surface area contributed by atoms with E-state index in [-0.39, 0.29) is 5.54 Å². The molecule has 2 nitrogen and oxygen atoms in total. The minimum atomic E-state index is -0.127. The molecule has 59 heavy (non-hydrogen) atoms. The van der Waals surface area contributed by atoms with Crippen LogP contribution in [0.2, 0.25) is 0 Å². The second kappa shape index (κ2) is 13.7. The van der Waals surface area contributed by atoms with E-state index in [1.807, 2.05) is 0 Å². The highest BCUT2D eigenvalue weighted by atomic mass is 15.1. The summed E-state index contributed by atoms with van der Waals surface area (Å²) in [6.45, 7) is 6.74. The zero-order valence-electron chi connectivity index (χ0n) is 33.4. The SMILES string of the molecule is CC(C)(C)n1c(-c2ccccc2)nc2cc(-c3ccc(-c4ccc5c(-c6cccc7ccccc67)c6ccccc6c(-c6cccc7ccccc67)c5c4)cc3)ccc21. The maximum absolute atomic E-state index is 5.21. The van der Waals surface area contributed by atoms with Crippen LogP contribution in [0.4, 0.5) is 0 Å². The third kappa shape index (κ3) is 5.83. The lowest BCUT2D eigenvalue weighted by atomic mass is 9.83. The largest absolute Gasteiger partial charge is 0.319 e. The van der Waals surface area contributed by atoms with Crippen LogP contribution in [0.15, 0.2) is 200 Å². The Hall–Kier alpha value is -7.29. The molecule has 0 saturated heterocycles. The van der Waals surface area contributed by atoms with Gasteiger partial charge < -0.3 is 4.57 Å². The van der Waals surface area contributed by atoms with Crippen molar-refractivity contribution in [3.63, 3.8) is 0 Å². The number of fused-ring (bicyclic) bond motifs is 5. The fraction of sp³-hybridized carbons (Fsp3) is 0.0702. The number of nitrogens with zero attached hydrogens (tertiary/aromatic N) is 2. The molecule has 0 unspecified atom stereocenters. The first kappa shape index (κ1) is 34.9. The van der Waals surface area contributed by atoms with Crippen molar-refractivity contribution in [1.29, 1.82) is 0 Å². The zero-order valence-corrected chi connectivity index (χ0v) is 33.4. The van der Waals surface area contributed by atoms with E-state index in [4.69, 9.17) is 4.98 Å². The fourth-order valence-corrected chi connectivity index (χ4v) is 9.40. The van der Waals surface area contributed by atoms with Gasteiger partial charge in [0.2, 0.25) is 0 Å². The van der Waals surface area contributed by atoms with Gasteiger partial charge in [0.05, 0.1) is 11.0 Å². The molecule has 11 aromatic rings. The van der Waals surface area contributed by atoms with E-state index in [0.717, 1.165) is 28.0 Å². The summed E-state index contributed by atoms with van der Waals surface area (Å²) in [6, 6.07) is 73.3. The fourth-order valence-electron chi connectivity index (χ4n) is 9.40. The number of hydrogen-bond acceptors (Lipinski definition) is 1. The molecule has 0 bridgehead atoms. The van der Waals surface area contributed by atoms with Crippen LogP contribution in [0.5, 0.6) is 0 Å². The van der Waals surface area contributed by atoms with Crippen molar-refractivity contribution >= 4 is 54.1 Å². The molecule has 0 N–H and O–H groups in total. The van der Waals surface area contributed by atoms with Gasteiger partial charge in [-0.1, -0.05) is 182 Å². The van der Waals surface area contributed by atoms with Crippen molar-refractivity contribution in [3.05, 3.63) is 200 Å². The summed E-state index contributed by atoms with van der Waals surface area (Å²) in [4.78, 5) is 5.21. The van der Waals surface area contributed by atoms with Crippen LogP contribution in [-0.2, 0) is 5.54 Å². The van der Waals surface area contributed by atoms with Crippen LogP contribution in [0, 0.1) is 0 Å². The second-order valence-corrected chi connectivity index (χ2v) is 16.7. The van der Waals surface area contributed by atoms with Gasteiger partial charge in [0, 0.05) is 11.1 Å². The molecule has 0 aliphatic carbocycles. The van der Waals surface area contributed by atoms with Crippen molar-refractivity contribution in [2.24, 2.45) is 0 Å². The zero-order chi connectivity index (χ0) is 39.7. The molecule has 280 valence electrons. The van der Waals surface area contributed by atoms with Gasteiger partial charge in [0.25, 0.3) is 0 Å². The lowest BCUT2D eigenvalue weighted by Gasteiger charge is -2.24. The van der Waals surface area contributed by atoms with Gasteiger partial charge in [0.1, 0.15) is 5.82 Å². The molecular weight excluding hydrogens is 713 g/mol. The molecule has 0 atom stereocenters. The van der Waals surface area contributed by atoms with Crippen LogP contribution < -0.4 is 0 Å². The third-order valence-corrected chi connectivity index (χ3v) is 12.1. The van der Waals surface area contributed by atoms with Gasteiger partial charge in [-0.2, -0.15) is 0 Å². The van der Waals surface area contributed by atoms with Crippen molar-refractivity contribution < 1.29 is 0 Å². The molecule has 0 saturated carbocycles. The number of aromatic nitrogens is 2. The quantitative estimate of drug-likeness (QED) is 0.160. The maximum atomic E-state index is 5.21. The highest BCUT2D eigenvalue weighted by molar-refractivity contribution is 6.25. The smallest absolute Gasteiger partial charge is 0.141 e. The van der Waals surface area contributed by atoms with Crippen molar-refractivity contribution in [1.82, 2.24) is 9.55 Å². The molecule has 2 heteroatoms. The Bertz CT molecular complexity index is 3390. The standard InChI is InChI=1S/C57H42N2/c1-57(2,3)59-53-34-32-43(36-52(53)58-56(59)41-17-5-4-6-18-41)38-29-27-37(28-30-38)42-31-33-50-51(35-42)55(47-26-14-20-40-16-8-10-22-45(40)47)49-24-12-11-23-48(49)54(50)46-25-13-19-39-15-7-9-21-44(39)46/h4-36H,1-3H3. The number of rotatable bonds is 5. The van der Waals surface area contributed by atoms with E-state index in [1.165, 1.54) is 82.0 Å². The Morgan fingerprint density at radius 3 is 1.41 bits per heavy atom. The number of hydrogen-bond donors (Lipinski definition) is 0. The van der Waals surface area contributed by atoms with Crippen LogP contribution in [0.3, 0.4) is 0 Å². The summed E-state index contributed by atoms with van der Waals surface area (Å²) in [5, 5.41) is 10.0. The summed E-state index contributed by atoms with van der Waals surface area (Å²) in [5.41, 5.74) is 12.9. The summed E-state index contributed by atoms with van der Waals surface area (Å²) in [6.07, 6.45) is 0. The minimum absolute atomic E-state index is 0.127. The third-order valence-electron chi connectivity index (χ3n) is 12.1. The van der Waals surface area contributed by atoms with E-state index < -0.39 is 0 Å². The molecule has 0 aliphatic rings. The molecule has 11 rings (SSSR count). The molecule has 0 fully saturated rings. The van der Waals surface area contributed by atoms with E-state index in [2.05, 4.69) is 226 Å². The lowest BCUT2D eigenvalue weighted by molar-refractivity contribution is 0.413. The van der Waals surface area contributed by atoms with Gasteiger partial charge >= 0.3 is 0 Å². The first-order valence-corrected chi connectivity index (χ1v) is 20.5. The normalized spacial score (nSPS) is 12.0. The molecule has 1 heterocycles. The Kier molecular flexibility index (Phi) is 8.10. The van der Waals surface area contributed by atoms with Gasteiger partial charge in [-0.05, 0) is 127 Å². The van der Waals surface area contributed by atoms with Crippen molar-refractivity contribution in [3.8, 4) is 55.9 Å². The Labute approximate surface area is 344 Å². The molecule has 0 radical (unpaired) electrons. The number of imidazole rings is 1. The molecule has 0 amide bonds. The minimum Gasteiger partial charge on any atom is -0.319 e. The Morgan fingerprint density at radius 1 is 0.356 bits per heavy atom. The highest BCUT2D eigenvalue weighted by Crippen LogP contribution is 2.47. The van der Waals surface area contributed by atoms with Crippen molar-refractivity contribution in [2.45, 2.75) is 26.3 Å². The average Bonchev–Trinajstić information content (AvgIpc) is 3.68. The van der Waals surface area contributed by atoms with Crippen LogP contribution in [-0.4, -0.2) is 9.55 Å². The number of benzene rings is 10. The van der Waals surface area contributed by atoms with E-state index in [1.54, 1.807) is 0 Å². The van der Waals surface area contributed by atoms with Gasteiger partial charge in [-0.3, -0.25) is 0 Å². The first-order valence-electron chi connectivity index (χ1n) is 20.5. The lowest BCUT2D eigenvalue weighted by Crippen LogP contribution is -2.22. The average molecular weight is 755 g/mol. The first-order chi connectivity index (χ1) is 28.9. The molecular formula is C57H42N2. The summed E-state index contributed by atoms with van der Waals surface area (Å²) >= 11 is 0. The Morgan fingerprint density at radius 2 is 0.814 bits per heavy atom. The van der Waals surface area contributed by atoms with E-state index in [9.17, 15) is 0 Å². The molecule has 10 aromatic carbocycles. The predicted molar refractivity (Wildman–Crippen MR) is 252 cm³/mol. The van der Waals surface area contributed by atoms with Crippen molar-refractivity contribution in [2.75, 3.05) is 0 Å². The summed E-state index contributed by atoms with van der Waals surface area (Å²) < 4.78 is 2.37. The Balaban J connectivity index is 1.09. The van der Waals surface area contributed by atoms with Crippen LogP contribution >= 0.6 is 0 Å². The van der Waals surface area contributed by atoms with Gasteiger partial charge in [-0.15, -0.1) is 0 Å². The monoisotopic (exact) mass is 754 g/mol. The topological polar surface area (TPSA) is 17.8 Å². The van der Waals surface area contributed by atoms with Gasteiger partial charge in [0.15, 0.2) is 0 Å². The second-order valence-electron chi connectivity index (χ2n) is 16.7. The van der Waals surface area contributed by atoms with Crippen LogP contribution in [0.25, 0.3) is 110 Å². The predicted octanol–water partition coefficient (Wildman–Crippen LogP) is 15.7. The molecule has 0 spiro atoms. The van der Waals surface area contributed by atoms with Crippen LogP contribution in [0.1, 0.15) is 20.8 Å². The maximum Gasteiger partial charge on any atom is 0.141 e. The van der Waals surface area contributed by atoms with E-state index >= 15 is 0 Å². The summed E-state index contributed by atoms with van der Waals surface area (Å²) in [5.74, 6) is 0.996. The van der Waals surface area contributed by atoms with Gasteiger partial charge in [-0.25, -0.2) is 4.98 Å². The highest BCUT2D eigenvalue weighted by Gasteiger charge is 2.23.